The zero-order valence-electron chi connectivity index (χ0n) is 14.1. The molecule has 1 fully saturated rings. The molecule has 25 heavy (non-hydrogen) atoms. The van der Waals surface area contributed by atoms with Crippen molar-refractivity contribution in [1.82, 2.24) is 14.9 Å². The Hall–Kier alpha value is -2.98. The average molecular weight is 344 g/mol. The van der Waals surface area contributed by atoms with Gasteiger partial charge >= 0.3 is 5.69 Å². The molecule has 10 heteroatoms. The predicted octanol–water partition coefficient (Wildman–Crippen LogP) is 0.770. The van der Waals surface area contributed by atoms with Crippen molar-refractivity contribution < 1.29 is 4.92 Å². The number of hydrogen-bond acceptors (Lipinski definition) is 9. The maximum atomic E-state index is 11.7. The van der Waals surface area contributed by atoms with Gasteiger partial charge in [0.25, 0.3) is 0 Å². The van der Waals surface area contributed by atoms with Gasteiger partial charge in [0.15, 0.2) is 0 Å². The van der Waals surface area contributed by atoms with Crippen LogP contribution in [0.4, 0.5) is 17.3 Å². The summed E-state index contributed by atoms with van der Waals surface area (Å²) in [6.07, 6.45) is 1.69. The standard InChI is InChI=1S/C15H20N8O2/c1-20-8-10-22(11-9-20)15-13(23(24)25)14(18-12-19-15)21(6-2-4-16)7-3-5-17/h12H,2-3,6-11H2,1H3. The first-order valence-electron chi connectivity index (χ1n) is 8.00. The zero-order chi connectivity index (χ0) is 18.2. The molecule has 0 unspecified atom stereocenters. The van der Waals surface area contributed by atoms with Crippen LogP contribution in [0.2, 0.25) is 0 Å². The van der Waals surface area contributed by atoms with Crippen LogP contribution in [0.5, 0.6) is 0 Å². The highest BCUT2D eigenvalue weighted by molar-refractivity contribution is 5.71. The van der Waals surface area contributed by atoms with Crippen LogP contribution in [0.3, 0.4) is 0 Å². The lowest BCUT2D eigenvalue weighted by Crippen LogP contribution is -2.45. The van der Waals surface area contributed by atoms with E-state index in [9.17, 15) is 10.1 Å². The zero-order valence-corrected chi connectivity index (χ0v) is 14.1. The SMILES string of the molecule is CN1CCN(c2ncnc(N(CCC#N)CCC#N)c2[N+](=O)[O-])CC1. The van der Waals surface area contributed by atoms with E-state index in [1.54, 1.807) is 4.90 Å². The molecule has 132 valence electrons. The smallest absolute Gasteiger partial charge is 0.349 e. The Morgan fingerprint density at radius 3 is 2.32 bits per heavy atom. The van der Waals surface area contributed by atoms with Gasteiger partial charge < -0.3 is 14.7 Å². The lowest BCUT2D eigenvalue weighted by Gasteiger charge is -2.33. The lowest BCUT2D eigenvalue weighted by atomic mass is 10.2. The molecule has 0 amide bonds. The first-order valence-corrected chi connectivity index (χ1v) is 8.00. The highest BCUT2D eigenvalue weighted by Gasteiger charge is 2.31. The van der Waals surface area contributed by atoms with E-state index < -0.39 is 4.92 Å². The summed E-state index contributed by atoms with van der Waals surface area (Å²) in [5.41, 5.74) is -0.164. The molecule has 1 aromatic rings. The van der Waals surface area contributed by atoms with Crippen molar-refractivity contribution in [1.29, 1.82) is 10.5 Å². The normalized spacial score (nSPS) is 14.6. The van der Waals surface area contributed by atoms with Gasteiger partial charge in [0.2, 0.25) is 11.6 Å². The van der Waals surface area contributed by atoms with Crippen molar-refractivity contribution in [3.8, 4) is 12.1 Å². The molecule has 0 N–H and O–H groups in total. The van der Waals surface area contributed by atoms with Gasteiger partial charge in [-0.15, -0.1) is 0 Å². The summed E-state index contributed by atoms with van der Waals surface area (Å²) < 4.78 is 0. The average Bonchev–Trinajstić information content (AvgIpc) is 2.62. The van der Waals surface area contributed by atoms with Crippen LogP contribution in [0.15, 0.2) is 6.33 Å². The summed E-state index contributed by atoms with van der Waals surface area (Å²) in [5, 5.41) is 29.4. The van der Waals surface area contributed by atoms with Crippen LogP contribution in [0.1, 0.15) is 12.8 Å². The van der Waals surface area contributed by atoms with Gasteiger partial charge in [-0.3, -0.25) is 10.1 Å². The van der Waals surface area contributed by atoms with Gasteiger partial charge in [-0.2, -0.15) is 10.5 Å². The van der Waals surface area contributed by atoms with Crippen molar-refractivity contribution in [2.45, 2.75) is 12.8 Å². The fraction of sp³-hybridized carbons (Fsp3) is 0.600. The summed E-state index contributed by atoms with van der Waals surface area (Å²) in [5.74, 6) is 0.460. The molecular formula is C15H20N8O2. The van der Waals surface area contributed by atoms with Gasteiger partial charge in [-0.25, -0.2) is 9.97 Å². The van der Waals surface area contributed by atoms with Crippen LogP contribution >= 0.6 is 0 Å². The van der Waals surface area contributed by atoms with Crippen LogP contribution in [-0.4, -0.2) is 66.1 Å². The molecule has 1 aromatic heterocycles. The van der Waals surface area contributed by atoms with E-state index in [-0.39, 0.29) is 37.4 Å². The minimum absolute atomic E-state index is 0.164. The molecule has 1 aliphatic rings. The first-order chi connectivity index (χ1) is 12.1. The fourth-order valence-electron chi connectivity index (χ4n) is 2.70. The van der Waals surface area contributed by atoms with Gasteiger partial charge in [-0.1, -0.05) is 0 Å². The van der Waals surface area contributed by atoms with Crippen molar-refractivity contribution >= 4 is 17.3 Å². The number of rotatable bonds is 7. The first kappa shape index (κ1) is 18.4. The number of nitro groups is 1. The molecule has 0 aromatic carbocycles. The number of hydrogen-bond donors (Lipinski definition) is 0. The molecule has 2 rings (SSSR count). The van der Waals surface area contributed by atoms with E-state index in [2.05, 4.69) is 14.9 Å². The van der Waals surface area contributed by atoms with Crippen molar-refractivity contribution in [3.05, 3.63) is 16.4 Å². The third kappa shape index (κ3) is 4.52. The van der Waals surface area contributed by atoms with Crippen LogP contribution in [0.25, 0.3) is 0 Å². The Morgan fingerprint density at radius 1 is 1.20 bits per heavy atom. The minimum atomic E-state index is -0.477. The monoisotopic (exact) mass is 344 g/mol. The molecule has 1 aliphatic heterocycles. The topological polar surface area (TPSA) is 126 Å². The molecule has 2 heterocycles. The lowest BCUT2D eigenvalue weighted by molar-refractivity contribution is -0.383. The fourth-order valence-corrected chi connectivity index (χ4v) is 2.70. The van der Waals surface area contributed by atoms with E-state index in [1.807, 2.05) is 24.1 Å². The second-order valence-electron chi connectivity index (χ2n) is 5.72. The highest BCUT2D eigenvalue weighted by atomic mass is 16.6. The molecule has 10 nitrogen and oxygen atoms in total. The molecule has 0 atom stereocenters. The molecule has 0 radical (unpaired) electrons. The number of piperazine rings is 1. The Labute approximate surface area is 146 Å². The highest BCUT2D eigenvalue weighted by Crippen LogP contribution is 2.34. The quantitative estimate of drug-likeness (QED) is 0.520. The maximum Gasteiger partial charge on any atom is 0.353 e. The number of nitriles is 2. The van der Waals surface area contributed by atoms with Crippen molar-refractivity contribution in [2.75, 3.05) is 56.1 Å². The Kier molecular flexibility index (Phi) is 6.43. The third-order valence-corrected chi connectivity index (χ3v) is 4.06. The van der Waals surface area contributed by atoms with Crippen LogP contribution in [-0.2, 0) is 0 Å². The van der Waals surface area contributed by atoms with E-state index in [0.717, 1.165) is 13.1 Å². The summed E-state index contributed by atoms with van der Waals surface area (Å²) in [7, 11) is 2.00. The summed E-state index contributed by atoms with van der Waals surface area (Å²) in [4.78, 5) is 25.2. The van der Waals surface area contributed by atoms with Crippen LogP contribution in [0, 0.1) is 32.8 Å². The van der Waals surface area contributed by atoms with Gasteiger partial charge in [0.05, 0.1) is 29.9 Å². The molecule has 0 saturated carbocycles. The van der Waals surface area contributed by atoms with Crippen molar-refractivity contribution in [3.63, 3.8) is 0 Å². The number of anilines is 2. The second-order valence-corrected chi connectivity index (χ2v) is 5.72. The Balaban J connectivity index is 2.39. The van der Waals surface area contributed by atoms with Crippen LogP contribution < -0.4 is 9.80 Å². The Bertz CT molecular complexity index is 670. The van der Waals surface area contributed by atoms with Gasteiger partial charge in [0.1, 0.15) is 6.33 Å². The third-order valence-electron chi connectivity index (χ3n) is 4.06. The van der Waals surface area contributed by atoms with E-state index in [1.165, 1.54) is 6.33 Å². The molecule has 1 saturated heterocycles. The van der Waals surface area contributed by atoms with E-state index in [0.29, 0.717) is 18.9 Å². The minimum Gasteiger partial charge on any atom is -0.349 e. The van der Waals surface area contributed by atoms with Crippen molar-refractivity contribution in [2.24, 2.45) is 0 Å². The number of nitrogens with zero attached hydrogens (tertiary/aromatic N) is 8. The summed E-state index contributed by atoms with van der Waals surface area (Å²) in [6, 6.07) is 4.04. The van der Waals surface area contributed by atoms with E-state index >= 15 is 0 Å². The molecule has 0 aliphatic carbocycles. The number of likely N-dealkylation sites (N-methyl/N-ethyl adjacent to an activating group) is 1. The molecule has 0 bridgehead atoms. The van der Waals surface area contributed by atoms with Gasteiger partial charge in [0, 0.05) is 39.3 Å². The predicted molar refractivity (Wildman–Crippen MR) is 91.1 cm³/mol. The maximum absolute atomic E-state index is 11.7. The number of aromatic nitrogens is 2. The second kappa shape index (κ2) is 8.76. The molecular weight excluding hydrogens is 324 g/mol. The van der Waals surface area contributed by atoms with Gasteiger partial charge in [-0.05, 0) is 7.05 Å². The van der Waals surface area contributed by atoms with E-state index in [4.69, 9.17) is 10.5 Å². The molecule has 0 spiro atoms. The summed E-state index contributed by atoms with van der Waals surface area (Å²) in [6.45, 7) is 3.43. The Morgan fingerprint density at radius 2 is 1.80 bits per heavy atom. The summed E-state index contributed by atoms with van der Waals surface area (Å²) >= 11 is 0. The largest absolute Gasteiger partial charge is 0.353 e.